The van der Waals surface area contributed by atoms with Crippen LogP contribution in [0.2, 0.25) is 0 Å². The monoisotopic (exact) mass is 213 g/mol. The summed E-state index contributed by atoms with van der Waals surface area (Å²) in [5, 5.41) is 13.2. The first-order valence-corrected chi connectivity index (χ1v) is 5.23. The Bertz CT molecular complexity index is 314. The first-order valence-electron chi connectivity index (χ1n) is 5.23. The van der Waals surface area contributed by atoms with Crippen LogP contribution in [0.4, 0.5) is 0 Å². The molecule has 82 valence electrons. The quantitative estimate of drug-likeness (QED) is 0.244. The van der Waals surface area contributed by atoms with Crippen LogP contribution in [-0.4, -0.2) is 50.0 Å². The minimum Gasteiger partial charge on any atom is -0.293 e. The molecule has 0 radical (unpaired) electrons. The molecule has 0 amide bonds. The Morgan fingerprint density at radius 1 is 1.60 bits per heavy atom. The Balaban J connectivity index is 2.15. The van der Waals surface area contributed by atoms with Crippen molar-refractivity contribution >= 4 is 0 Å². The number of nitrogens with one attached hydrogen (secondary N) is 2. The Hall–Kier alpha value is -1.16. The van der Waals surface area contributed by atoms with Crippen LogP contribution in [0, 0.1) is 22.5 Å². The molecule has 0 aromatic carbocycles. The van der Waals surface area contributed by atoms with Gasteiger partial charge in [0.15, 0.2) is 19.6 Å². The number of terminal acetylenes is 1. The van der Waals surface area contributed by atoms with E-state index in [4.69, 9.17) is 6.42 Å². The van der Waals surface area contributed by atoms with Crippen molar-refractivity contribution in [3.63, 3.8) is 0 Å². The van der Waals surface area contributed by atoms with E-state index in [0.717, 1.165) is 13.3 Å². The number of quaternary nitrogens is 3. The Kier molecular flexibility index (Phi) is 2.61. The molecule has 0 saturated carbocycles. The van der Waals surface area contributed by atoms with Crippen molar-refractivity contribution in [3.05, 3.63) is 10.1 Å². The third kappa shape index (κ3) is 1.81. The summed E-state index contributed by atoms with van der Waals surface area (Å²) >= 11 is 0. The summed E-state index contributed by atoms with van der Waals surface area (Å²) in [6, 6.07) is 0. The summed E-state index contributed by atoms with van der Waals surface area (Å²) in [4.78, 5) is 13.5. The number of rotatable bonds is 2. The number of hydrogen-bond donors (Lipinski definition) is 3. The molecule has 15 heavy (non-hydrogen) atoms. The van der Waals surface area contributed by atoms with E-state index in [1.54, 1.807) is 0 Å². The average Bonchev–Trinajstić information content (AvgIpc) is 2.17. The number of nitrogens with zero attached hydrogens (tertiary/aromatic N) is 1. The first-order chi connectivity index (χ1) is 7.16. The van der Waals surface area contributed by atoms with Crippen molar-refractivity contribution in [1.82, 2.24) is 0 Å². The van der Waals surface area contributed by atoms with Gasteiger partial charge in [-0.1, -0.05) is 0 Å². The molecule has 2 fully saturated rings. The van der Waals surface area contributed by atoms with Crippen LogP contribution in [-0.2, 0) is 0 Å². The normalized spacial score (nSPS) is 39.4. The fourth-order valence-electron chi connectivity index (χ4n) is 2.78. The zero-order valence-corrected chi connectivity index (χ0v) is 8.66. The van der Waals surface area contributed by atoms with Gasteiger partial charge in [-0.05, 0) is 5.92 Å². The van der Waals surface area contributed by atoms with Crippen LogP contribution in [0.1, 0.15) is 0 Å². The predicted molar refractivity (Wildman–Crippen MR) is 51.6 cm³/mol. The molecule has 6 heteroatoms. The van der Waals surface area contributed by atoms with E-state index in [1.165, 1.54) is 9.80 Å². The van der Waals surface area contributed by atoms with Crippen LogP contribution < -0.4 is 15.1 Å². The lowest BCUT2D eigenvalue weighted by atomic mass is 9.95. The largest absolute Gasteiger partial charge is 0.364 e. The second-order valence-corrected chi connectivity index (χ2v) is 4.59. The van der Waals surface area contributed by atoms with Crippen molar-refractivity contribution in [2.75, 3.05) is 39.5 Å². The summed E-state index contributed by atoms with van der Waals surface area (Å²) < 4.78 is 0. The van der Waals surface area contributed by atoms with Crippen LogP contribution in [0.15, 0.2) is 0 Å². The Morgan fingerprint density at radius 2 is 2.40 bits per heavy atom. The van der Waals surface area contributed by atoms with E-state index in [2.05, 4.69) is 5.92 Å². The Morgan fingerprint density at radius 3 is 3.07 bits per heavy atom. The minimum absolute atomic E-state index is 0.0989. The lowest BCUT2D eigenvalue weighted by molar-refractivity contribution is -1.17. The third-order valence-electron chi connectivity index (χ3n) is 3.35. The zero-order valence-electron chi connectivity index (χ0n) is 8.66. The van der Waals surface area contributed by atoms with Crippen molar-refractivity contribution in [1.29, 1.82) is 0 Å². The molecule has 2 aliphatic rings. The maximum absolute atomic E-state index is 11.1. The SMILES string of the molecule is C#CC[NH+]1C[NH+]2C[NH2+]C[C@@]([N+](=O)[O-])(C1)C2. The maximum atomic E-state index is 11.1. The molecule has 2 heterocycles. The highest BCUT2D eigenvalue weighted by Crippen LogP contribution is 2.04. The molecule has 2 saturated heterocycles. The average molecular weight is 213 g/mol. The molecule has 3 atom stereocenters. The highest BCUT2D eigenvalue weighted by Gasteiger charge is 2.59. The highest BCUT2D eigenvalue weighted by atomic mass is 16.6. The van der Waals surface area contributed by atoms with Gasteiger partial charge in [-0.3, -0.25) is 20.3 Å². The molecule has 0 aromatic heterocycles. The number of fused-ring (bicyclic) bond motifs is 2. The van der Waals surface area contributed by atoms with Crippen molar-refractivity contribution in [3.8, 4) is 12.3 Å². The molecule has 2 unspecified atom stereocenters. The lowest BCUT2D eigenvalue weighted by Crippen LogP contribution is -3.42. The molecule has 2 bridgehead atoms. The lowest BCUT2D eigenvalue weighted by Gasteiger charge is -2.38. The number of nitrogens with two attached hydrogens (primary N) is 1. The Labute approximate surface area is 88.4 Å². The van der Waals surface area contributed by atoms with E-state index in [9.17, 15) is 10.1 Å². The maximum Gasteiger partial charge on any atom is 0.364 e. The molecule has 0 spiro atoms. The van der Waals surface area contributed by atoms with Crippen LogP contribution >= 0.6 is 0 Å². The van der Waals surface area contributed by atoms with Gasteiger partial charge < -0.3 is 0 Å². The first kappa shape index (κ1) is 10.4. The van der Waals surface area contributed by atoms with Crippen molar-refractivity contribution < 1.29 is 20.0 Å². The van der Waals surface area contributed by atoms with Crippen LogP contribution in [0.3, 0.4) is 0 Å². The summed E-state index contributed by atoms with van der Waals surface area (Å²) in [5.74, 6) is 2.60. The molecule has 6 nitrogen and oxygen atoms in total. The van der Waals surface area contributed by atoms with E-state index in [0.29, 0.717) is 26.2 Å². The molecular weight excluding hydrogens is 196 g/mol. The van der Waals surface area contributed by atoms with E-state index < -0.39 is 5.54 Å². The van der Waals surface area contributed by atoms with E-state index in [1.807, 2.05) is 5.32 Å². The summed E-state index contributed by atoms with van der Waals surface area (Å²) in [6.45, 7) is 4.27. The number of nitro groups is 1. The van der Waals surface area contributed by atoms with Crippen LogP contribution in [0.5, 0.6) is 0 Å². The smallest absolute Gasteiger partial charge is 0.293 e. The summed E-state index contributed by atoms with van der Waals surface area (Å²) in [5.41, 5.74) is -0.752. The van der Waals surface area contributed by atoms with Gasteiger partial charge in [-0.15, -0.1) is 6.42 Å². The van der Waals surface area contributed by atoms with Crippen molar-refractivity contribution in [2.45, 2.75) is 5.54 Å². The van der Waals surface area contributed by atoms with E-state index >= 15 is 0 Å². The topological polar surface area (TPSA) is 68.6 Å². The van der Waals surface area contributed by atoms with Gasteiger partial charge in [0.2, 0.25) is 13.3 Å². The van der Waals surface area contributed by atoms with Gasteiger partial charge in [0, 0.05) is 4.92 Å². The second kappa shape index (κ2) is 3.77. The van der Waals surface area contributed by atoms with Gasteiger partial charge in [0.25, 0.3) is 0 Å². The molecule has 2 rings (SSSR count). The van der Waals surface area contributed by atoms with Crippen molar-refractivity contribution in [2.24, 2.45) is 0 Å². The van der Waals surface area contributed by atoms with Gasteiger partial charge in [0.1, 0.15) is 6.54 Å². The second-order valence-electron chi connectivity index (χ2n) is 4.59. The summed E-state index contributed by atoms with van der Waals surface area (Å²) in [7, 11) is 0. The summed E-state index contributed by atoms with van der Waals surface area (Å²) in [6.07, 6.45) is 5.27. The molecule has 2 aliphatic heterocycles. The number of hydrogen-bond acceptors (Lipinski definition) is 2. The molecular formula is C9H17N4O2+3. The van der Waals surface area contributed by atoms with Crippen LogP contribution in [0.25, 0.3) is 0 Å². The fourth-order valence-corrected chi connectivity index (χ4v) is 2.78. The van der Waals surface area contributed by atoms with Gasteiger partial charge >= 0.3 is 5.54 Å². The standard InChI is InChI=1S/C9H14N4O2/c1-2-3-11-5-9(13(14)15)4-10-7-12(6-9)8-11/h1,10H,3-8H2/p+3/t9-/m1/s1. The highest BCUT2D eigenvalue weighted by molar-refractivity contribution is 4.84. The molecule has 0 aliphatic carbocycles. The zero-order chi connectivity index (χ0) is 10.9. The van der Waals surface area contributed by atoms with Gasteiger partial charge in [-0.2, -0.15) is 0 Å². The predicted octanol–water partition coefficient (Wildman–Crippen LogP) is -5.09. The minimum atomic E-state index is -0.752. The third-order valence-corrected chi connectivity index (χ3v) is 3.35. The van der Waals surface area contributed by atoms with E-state index in [-0.39, 0.29) is 4.92 Å². The fraction of sp³-hybridized carbons (Fsp3) is 0.778. The van der Waals surface area contributed by atoms with Gasteiger partial charge in [0.05, 0.1) is 0 Å². The van der Waals surface area contributed by atoms with Gasteiger partial charge in [-0.25, -0.2) is 4.90 Å². The molecule has 0 aromatic rings. The molecule has 4 N–H and O–H groups in total.